The second-order valence-electron chi connectivity index (χ2n) is 3.50. The molecule has 0 radical (unpaired) electrons. The van der Waals surface area contributed by atoms with E-state index in [0.29, 0.717) is 0 Å². The molecule has 0 aromatic carbocycles. The van der Waals surface area contributed by atoms with Gasteiger partial charge in [-0.25, -0.2) is 4.98 Å². The van der Waals surface area contributed by atoms with Crippen LogP contribution >= 0.6 is 27.3 Å². The third-order valence-corrected chi connectivity index (χ3v) is 4.46. The molecule has 0 spiro atoms. The molecule has 84 valence electrons. The molecule has 3 heterocycles. The van der Waals surface area contributed by atoms with Crippen molar-refractivity contribution in [2.45, 2.75) is 0 Å². The number of aromatic hydroxyl groups is 1. The Morgan fingerprint density at radius 2 is 2.12 bits per heavy atom. The van der Waals surface area contributed by atoms with E-state index in [1.165, 1.54) is 0 Å². The van der Waals surface area contributed by atoms with Gasteiger partial charge < -0.3 is 5.11 Å². The van der Waals surface area contributed by atoms with Crippen LogP contribution in [0.3, 0.4) is 0 Å². The highest BCUT2D eigenvalue weighted by Gasteiger charge is 2.11. The van der Waals surface area contributed by atoms with Gasteiger partial charge >= 0.3 is 0 Å². The predicted octanol–water partition coefficient (Wildman–Crippen LogP) is 3.83. The number of thiophene rings is 1. The molecule has 0 atom stereocenters. The summed E-state index contributed by atoms with van der Waals surface area (Å²) in [6, 6.07) is 7.68. The maximum Gasteiger partial charge on any atom is 0.219 e. The molecule has 17 heavy (non-hydrogen) atoms. The molecule has 0 fully saturated rings. The number of fused-ring (bicyclic) bond motifs is 1. The van der Waals surface area contributed by atoms with Crippen molar-refractivity contribution in [3.8, 4) is 16.5 Å². The van der Waals surface area contributed by atoms with E-state index >= 15 is 0 Å². The number of hydrogen-bond donors (Lipinski definition) is 1. The van der Waals surface area contributed by atoms with Gasteiger partial charge in [0.25, 0.3) is 0 Å². The van der Waals surface area contributed by atoms with Gasteiger partial charge in [-0.15, -0.1) is 11.3 Å². The minimum atomic E-state index is 0.0571. The first-order valence-corrected chi connectivity index (χ1v) is 6.55. The van der Waals surface area contributed by atoms with E-state index in [-0.39, 0.29) is 5.88 Å². The quantitative estimate of drug-likeness (QED) is 0.743. The lowest BCUT2D eigenvalue weighted by Crippen LogP contribution is -1.76. The molecule has 0 aliphatic rings. The fourth-order valence-electron chi connectivity index (χ4n) is 1.62. The van der Waals surface area contributed by atoms with Gasteiger partial charge in [0.05, 0.1) is 25.1 Å². The van der Waals surface area contributed by atoms with Gasteiger partial charge in [0.2, 0.25) is 5.88 Å². The zero-order chi connectivity index (χ0) is 11.8. The lowest BCUT2D eigenvalue weighted by atomic mass is 10.2. The van der Waals surface area contributed by atoms with E-state index in [0.717, 1.165) is 25.1 Å². The van der Waals surface area contributed by atoms with Crippen molar-refractivity contribution in [2.24, 2.45) is 0 Å². The second kappa shape index (κ2) is 4.09. The lowest BCUT2D eigenvalue weighted by Gasteiger charge is -1.94. The van der Waals surface area contributed by atoms with Crippen LogP contribution in [0, 0.1) is 0 Å². The van der Waals surface area contributed by atoms with Crippen molar-refractivity contribution < 1.29 is 5.11 Å². The van der Waals surface area contributed by atoms with Crippen LogP contribution in [0.15, 0.2) is 41.1 Å². The van der Waals surface area contributed by atoms with Crippen LogP contribution in [0.25, 0.3) is 20.7 Å². The minimum absolute atomic E-state index is 0.0571. The molecule has 0 amide bonds. The van der Waals surface area contributed by atoms with Crippen LogP contribution in [0.4, 0.5) is 0 Å². The Hall–Kier alpha value is -1.46. The topological polar surface area (TPSA) is 46.0 Å². The summed E-state index contributed by atoms with van der Waals surface area (Å²) in [4.78, 5) is 9.22. The molecule has 3 aromatic rings. The van der Waals surface area contributed by atoms with Gasteiger partial charge in [-0.3, -0.25) is 4.98 Å². The molecule has 0 saturated carbocycles. The summed E-state index contributed by atoms with van der Waals surface area (Å²) in [5.74, 6) is 0.0571. The normalized spacial score (nSPS) is 10.9. The summed E-state index contributed by atoms with van der Waals surface area (Å²) in [6.45, 7) is 0. The highest BCUT2D eigenvalue weighted by molar-refractivity contribution is 9.10. The summed E-state index contributed by atoms with van der Waals surface area (Å²) in [6.07, 6.45) is 3.36. The van der Waals surface area contributed by atoms with E-state index in [4.69, 9.17) is 0 Å². The van der Waals surface area contributed by atoms with Crippen LogP contribution in [0.2, 0.25) is 0 Å². The van der Waals surface area contributed by atoms with Gasteiger partial charge in [-0.1, -0.05) is 6.07 Å². The molecular formula is C12H7BrN2OS. The molecule has 3 rings (SSSR count). The number of hydrogen-bond acceptors (Lipinski definition) is 4. The zero-order valence-corrected chi connectivity index (χ0v) is 11.0. The standard InChI is InChI=1S/C12H7BrN2OS/c13-8-6-15-12(16)7-5-10(17-11(7)8)9-3-1-2-4-14-9/h1-6H,(H,15,16). The Bertz CT molecular complexity index is 643. The minimum Gasteiger partial charge on any atom is -0.493 e. The maximum absolute atomic E-state index is 9.71. The fourth-order valence-corrected chi connectivity index (χ4v) is 3.21. The SMILES string of the molecule is Oc1ncc(Br)c2sc(-c3ccccn3)cc12. The molecule has 0 saturated heterocycles. The van der Waals surface area contributed by atoms with E-state index in [1.807, 2.05) is 24.3 Å². The Morgan fingerprint density at radius 1 is 1.24 bits per heavy atom. The zero-order valence-electron chi connectivity index (χ0n) is 8.59. The number of pyridine rings is 2. The smallest absolute Gasteiger partial charge is 0.219 e. The van der Waals surface area contributed by atoms with Crippen molar-refractivity contribution in [2.75, 3.05) is 0 Å². The summed E-state index contributed by atoms with van der Waals surface area (Å²) >= 11 is 5.02. The molecule has 0 bridgehead atoms. The van der Waals surface area contributed by atoms with Crippen molar-refractivity contribution in [3.05, 3.63) is 41.1 Å². The largest absolute Gasteiger partial charge is 0.493 e. The van der Waals surface area contributed by atoms with Crippen LogP contribution in [-0.4, -0.2) is 15.1 Å². The van der Waals surface area contributed by atoms with E-state index in [2.05, 4.69) is 25.9 Å². The Morgan fingerprint density at radius 3 is 2.82 bits per heavy atom. The van der Waals surface area contributed by atoms with Crippen LogP contribution in [0.5, 0.6) is 5.88 Å². The molecule has 1 N–H and O–H groups in total. The Labute approximate surface area is 110 Å². The van der Waals surface area contributed by atoms with Crippen molar-refractivity contribution in [1.82, 2.24) is 9.97 Å². The molecular weight excluding hydrogens is 300 g/mol. The van der Waals surface area contributed by atoms with Crippen LogP contribution < -0.4 is 0 Å². The third kappa shape index (κ3) is 1.81. The number of halogens is 1. The van der Waals surface area contributed by atoms with Gasteiger partial charge in [0.15, 0.2) is 0 Å². The summed E-state index contributed by atoms with van der Waals surface area (Å²) in [5.41, 5.74) is 0.903. The fraction of sp³-hybridized carbons (Fsp3) is 0. The van der Waals surface area contributed by atoms with Gasteiger partial charge in [0.1, 0.15) is 0 Å². The Kier molecular flexibility index (Phi) is 2.57. The molecule has 5 heteroatoms. The van der Waals surface area contributed by atoms with Crippen LogP contribution in [0.1, 0.15) is 0 Å². The predicted molar refractivity (Wildman–Crippen MR) is 72.2 cm³/mol. The van der Waals surface area contributed by atoms with E-state index in [1.54, 1.807) is 23.7 Å². The molecule has 0 unspecified atom stereocenters. The molecule has 0 aliphatic carbocycles. The van der Waals surface area contributed by atoms with Crippen LogP contribution in [-0.2, 0) is 0 Å². The first-order valence-electron chi connectivity index (χ1n) is 4.94. The molecule has 0 aliphatic heterocycles. The first kappa shape index (κ1) is 10.7. The highest BCUT2D eigenvalue weighted by Crippen LogP contribution is 2.39. The number of nitrogens with zero attached hydrogens (tertiary/aromatic N) is 2. The average molecular weight is 307 g/mol. The Balaban J connectivity index is 2.27. The average Bonchev–Trinajstić information content (AvgIpc) is 2.81. The van der Waals surface area contributed by atoms with E-state index < -0.39 is 0 Å². The highest BCUT2D eigenvalue weighted by atomic mass is 79.9. The second-order valence-corrected chi connectivity index (χ2v) is 5.40. The van der Waals surface area contributed by atoms with Crippen molar-refractivity contribution in [3.63, 3.8) is 0 Å². The van der Waals surface area contributed by atoms with Crippen molar-refractivity contribution in [1.29, 1.82) is 0 Å². The maximum atomic E-state index is 9.71. The van der Waals surface area contributed by atoms with Gasteiger partial charge in [-0.2, -0.15) is 0 Å². The third-order valence-electron chi connectivity index (χ3n) is 2.41. The molecule has 3 nitrogen and oxygen atoms in total. The molecule has 3 aromatic heterocycles. The summed E-state index contributed by atoms with van der Waals surface area (Å²) < 4.78 is 1.87. The first-order chi connectivity index (χ1) is 8.25. The lowest BCUT2D eigenvalue weighted by molar-refractivity contribution is 0.460. The van der Waals surface area contributed by atoms with Gasteiger partial charge in [-0.05, 0) is 34.1 Å². The van der Waals surface area contributed by atoms with Gasteiger partial charge in [0, 0.05) is 12.4 Å². The van der Waals surface area contributed by atoms with E-state index in [9.17, 15) is 5.11 Å². The number of aromatic nitrogens is 2. The van der Waals surface area contributed by atoms with Crippen molar-refractivity contribution >= 4 is 37.4 Å². The number of rotatable bonds is 1. The summed E-state index contributed by atoms with van der Waals surface area (Å²) in [7, 11) is 0. The monoisotopic (exact) mass is 306 g/mol. The summed E-state index contributed by atoms with van der Waals surface area (Å²) in [5, 5.41) is 10.5.